The number of hydrogen-bond donors (Lipinski definition) is 0. The Bertz CT molecular complexity index is 86.2. The lowest BCUT2D eigenvalue weighted by atomic mass is 10.3. The Morgan fingerprint density at radius 3 is 2.45 bits per heavy atom. The largest absolute Gasteiger partial charge is 0.359 e. The van der Waals surface area contributed by atoms with E-state index < -0.39 is 0 Å². The summed E-state index contributed by atoms with van der Waals surface area (Å²) in [6, 6.07) is 0.584. The molecule has 0 aromatic rings. The molecule has 0 spiro atoms. The average molecular weight is 161 g/mol. The van der Waals surface area contributed by atoms with E-state index in [4.69, 9.17) is 9.47 Å². The highest BCUT2D eigenvalue weighted by Crippen LogP contribution is 1.91. The van der Waals surface area contributed by atoms with Gasteiger partial charge in [0.05, 0.1) is 6.61 Å². The van der Waals surface area contributed by atoms with Gasteiger partial charge in [-0.05, 0) is 20.9 Å². The fraction of sp³-hybridized carbons (Fsp3) is 1.00. The van der Waals surface area contributed by atoms with Gasteiger partial charge >= 0.3 is 0 Å². The molecular formula is C8H19NO2. The van der Waals surface area contributed by atoms with Crippen molar-refractivity contribution in [2.45, 2.75) is 19.9 Å². The monoisotopic (exact) mass is 161 g/mol. The molecule has 0 N–H and O–H groups in total. The van der Waals surface area contributed by atoms with Gasteiger partial charge in [-0.1, -0.05) is 0 Å². The van der Waals surface area contributed by atoms with Gasteiger partial charge in [-0.25, -0.2) is 0 Å². The second-order valence-corrected chi connectivity index (χ2v) is 2.89. The molecule has 0 radical (unpaired) electrons. The summed E-state index contributed by atoms with van der Waals surface area (Å²) in [7, 11) is 3.72. The molecule has 0 saturated heterocycles. The minimum absolute atomic E-state index is 0.395. The number of rotatable bonds is 6. The van der Waals surface area contributed by atoms with Crippen LogP contribution in [0.15, 0.2) is 0 Å². The molecule has 0 rings (SSSR count). The maximum atomic E-state index is 5.14. The Balaban J connectivity index is 3.10. The Hall–Kier alpha value is -0.120. The summed E-state index contributed by atoms with van der Waals surface area (Å²) < 4.78 is 9.88. The molecule has 0 aliphatic heterocycles. The molecule has 0 atom stereocenters. The summed E-state index contributed by atoms with van der Waals surface area (Å²) in [5, 5.41) is 0. The topological polar surface area (TPSA) is 21.7 Å². The number of methoxy groups -OCH3 is 1. The Morgan fingerprint density at radius 2 is 2.00 bits per heavy atom. The van der Waals surface area contributed by atoms with Crippen LogP contribution < -0.4 is 0 Å². The van der Waals surface area contributed by atoms with Crippen molar-refractivity contribution < 1.29 is 9.47 Å². The van der Waals surface area contributed by atoms with Gasteiger partial charge in [0.15, 0.2) is 0 Å². The molecule has 3 nitrogen and oxygen atoms in total. The first-order valence-electron chi connectivity index (χ1n) is 3.95. The van der Waals surface area contributed by atoms with Crippen LogP contribution in [0.25, 0.3) is 0 Å². The minimum atomic E-state index is 0.395. The van der Waals surface area contributed by atoms with Crippen molar-refractivity contribution in [3.63, 3.8) is 0 Å². The second-order valence-electron chi connectivity index (χ2n) is 2.89. The van der Waals surface area contributed by atoms with E-state index in [0.29, 0.717) is 12.8 Å². The number of nitrogens with zero attached hydrogens (tertiary/aromatic N) is 1. The quantitative estimate of drug-likeness (QED) is 0.427. The Kier molecular flexibility index (Phi) is 6.51. The van der Waals surface area contributed by atoms with Crippen molar-refractivity contribution in [2.24, 2.45) is 0 Å². The number of ether oxygens (including phenoxy) is 2. The van der Waals surface area contributed by atoms with Crippen molar-refractivity contribution in [1.29, 1.82) is 0 Å². The molecule has 0 heterocycles. The normalized spacial score (nSPS) is 11.5. The summed E-state index contributed by atoms with van der Waals surface area (Å²) in [4.78, 5) is 2.23. The maximum absolute atomic E-state index is 5.14. The smallest absolute Gasteiger partial charge is 0.146 e. The van der Waals surface area contributed by atoms with Crippen molar-refractivity contribution in [3.8, 4) is 0 Å². The van der Waals surface area contributed by atoms with Crippen LogP contribution in [0.2, 0.25) is 0 Å². The summed E-state index contributed by atoms with van der Waals surface area (Å²) in [5.41, 5.74) is 0. The van der Waals surface area contributed by atoms with Gasteiger partial charge in [0, 0.05) is 19.7 Å². The van der Waals surface area contributed by atoms with Gasteiger partial charge < -0.3 is 14.4 Å². The summed E-state index contributed by atoms with van der Waals surface area (Å²) in [6.45, 7) is 6.42. The van der Waals surface area contributed by atoms with Gasteiger partial charge in [-0.2, -0.15) is 0 Å². The van der Waals surface area contributed by atoms with E-state index in [1.807, 2.05) is 0 Å². The van der Waals surface area contributed by atoms with E-state index in [1.165, 1.54) is 0 Å². The highest BCUT2D eigenvalue weighted by molar-refractivity contribution is 4.54. The SMILES string of the molecule is COCOCCN(C)C(C)C. The van der Waals surface area contributed by atoms with Gasteiger partial charge in [0.25, 0.3) is 0 Å². The number of hydrogen-bond acceptors (Lipinski definition) is 3. The van der Waals surface area contributed by atoms with E-state index in [9.17, 15) is 0 Å². The van der Waals surface area contributed by atoms with E-state index in [-0.39, 0.29) is 0 Å². The third-order valence-electron chi connectivity index (χ3n) is 1.67. The highest BCUT2D eigenvalue weighted by Gasteiger charge is 2.00. The molecular weight excluding hydrogens is 142 g/mol. The maximum Gasteiger partial charge on any atom is 0.146 e. The van der Waals surface area contributed by atoms with E-state index in [0.717, 1.165) is 13.2 Å². The molecule has 0 aromatic carbocycles. The zero-order chi connectivity index (χ0) is 8.69. The van der Waals surface area contributed by atoms with Crippen LogP contribution in [-0.2, 0) is 9.47 Å². The molecule has 0 aromatic heterocycles. The number of likely N-dealkylation sites (N-methyl/N-ethyl adjacent to an activating group) is 1. The van der Waals surface area contributed by atoms with E-state index >= 15 is 0 Å². The van der Waals surface area contributed by atoms with Gasteiger partial charge in [-0.3, -0.25) is 0 Å². The third-order valence-corrected chi connectivity index (χ3v) is 1.67. The molecule has 0 amide bonds. The summed E-state index contributed by atoms with van der Waals surface area (Å²) in [6.07, 6.45) is 0. The van der Waals surface area contributed by atoms with Gasteiger partial charge in [0.2, 0.25) is 0 Å². The van der Waals surface area contributed by atoms with Crippen LogP contribution in [0.4, 0.5) is 0 Å². The molecule has 0 aliphatic rings. The lowest BCUT2D eigenvalue weighted by Crippen LogP contribution is -2.29. The predicted octanol–water partition coefficient (Wildman–Crippen LogP) is 0.947. The minimum Gasteiger partial charge on any atom is -0.359 e. The van der Waals surface area contributed by atoms with Crippen molar-refractivity contribution in [2.75, 3.05) is 34.1 Å². The molecule has 3 heteroatoms. The van der Waals surface area contributed by atoms with Crippen molar-refractivity contribution in [1.82, 2.24) is 4.90 Å². The van der Waals surface area contributed by atoms with Crippen LogP contribution >= 0.6 is 0 Å². The molecule has 0 saturated carbocycles. The Morgan fingerprint density at radius 1 is 1.36 bits per heavy atom. The second kappa shape index (κ2) is 6.58. The fourth-order valence-electron chi connectivity index (χ4n) is 0.609. The zero-order valence-corrected chi connectivity index (χ0v) is 7.96. The molecule has 0 fully saturated rings. The van der Waals surface area contributed by atoms with Crippen LogP contribution in [0.5, 0.6) is 0 Å². The Labute approximate surface area is 69.3 Å². The molecule has 11 heavy (non-hydrogen) atoms. The standard InChI is InChI=1S/C8H19NO2/c1-8(2)9(3)5-6-11-7-10-4/h8H,5-7H2,1-4H3. The first-order valence-corrected chi connectivity index (χ1v) is 3.95. The average Bonchev–Trinajstić information content (AvgIpc) is 1.97. The van der Waals surface area contributed by atoms with Crippen molar-refractivity contribution in [3.05, 3.63) is 0 Å². The van der Waals surface area contributed by atoms with Crippen LogP contribution in [0.3, 0.4) is 0 Å². The van der Waals surface area contributed by atoms with Crippen LogP contribution in [0.1, 0.15) is 13.8 Å². The highest BCUT2D eigenvalue weighted by atomic mass is 16.7. The molecule has 68 valence electrons. The van der Waals surface area contributed by atoms with E-state index in [1.54, 1.807) is 7.11 Å². The lowest BCUT2D eigenvalue weighted by molar-refractivity contribution is -0.0365. The summed E-state index contributed by atoms with van der Waals surface area (Å²) in [5.74, 6) is 0. The van der Waals surface area contributed by atoms with Gasteiger partial charge in [0.1, 0.15) is 6.79 Å². The third kappa shape index (κ3) is 6.28. The first kappa shape index (κ1) is 10.9. The van der Waals surface area contributed by atoms with Crippen LogP contribution in [0, 0.1) is 0 Å². The first-order chi connectivity index (χ1) is 5.18. The predicted molar refractivity (Wildman–Crippen MR) is 45.6 cm³/mol. The zero-order valence-electron chi connectivity index (χ0n) is 7.96. The summed E-state index contributed by atoms with van der Waals surface area (Å²) >= 11 is 0. The van der Waals surface area contributed by atoms with E-state index in [2.05, 4.69) is 25.8 Å². The molecule has 0 bridgehead atoms. The van der Waals surface area contributed by atoms with Gasteiger partial charge in [-0.15, -0.1) is 0 Å². The van der Waals surface area contributed by atoms with Crippen molar-refractivity contribution >= 4 is 0 Å². The molecule has 0 aliphatic carbocycles. The lowest BCUT2D eigenvalue weighted by Gasteiger charge is -2.20. The molecule has 0 unspecified atom stereocenters. The fourth-order valence-corrected chi connectivity index (χ4v) is 0.609. The van der Waals surface area contributed by atoms with Crippen LogP contribution in [-0.4, -0.2) is 45.0 Å².